The molecule has 0 fully saturated rings. The van der Waals surface area contributed by atoms with Crippen molar-refractivity contribution in [3.8, 4) is 5.75 Å². The van der Waals surface area contributed by atoms with Crippen molar-refractivity contribution in [1.29, 1.82) is 0 Å². The van der Waals surface area contributed by atoms with Gasteiger partial charge in [0.1, 0.15) is 18.1 Å². The van der Waals surface area contributed by atoms with Gasteiger partial charge in [0.25, 0.3) is 5.91 Å². The molecule has 0 unspecified atom stereocenters. The second-order valence-corrected chi connectivity index (χ2v) is 5.26. The minimum absolute atomic E-state index is 0.0715. The highest BCUT2D eigenvalue weighted by atomic mass is 35.5. The zero-order valence-corrected chi connectivity index (χ0v) is 13.1. The molecule has 0 saturated heterocycles. The van der Waals surface area contributed by atoms with Crippen LogP contribution in [0.4, 0.5) is 0 Å². The quantitative estimate of drug-likeness (QED) is 0.853. The molecule has 0 atom stereocenters. The topological polar surface area (TPSA) is 47.4 Å². The molecule has 112 valence electrons. The van der Waals surface area contributed by atoms with E-state index in [9.17, 15) is 4.79 Å². The Morgan fingerprint density at radius 2 is 2.05 bits per heavy atom. The number of likely N-dealkylation sites (N-methyl/N-ethyl adjacent to an activating group) is 1. The Morgan fingerprint density at radius 1 is 1.38 bits per heavy atom. The van der Waals surface area contributed by atoms with Gasteiger partial charge in [-0.1, -0.05) is 11.6 Å². The van der Waals surface area contributed by atoms with Gasteiger partial charge in [-0.2, -0.15) is 5.10 Å². The second kappa shape index (κ2) is 6.63. The molecule has 0 aliphatic heterocycles. The highest BCUT2D eigenvalue weighted by Crippen LogP contribution is 2.15. The van der Waals surface area contributed by atoms with E-state index in [1.807, 2.05) is 6.92 Å². The molecule has 21 heavy (non-hydrogen) atoms. The standard InChI is InChI=1S/C15H18ClN3O2/c1-11-10-14(19(3)17-11)15(20)18(2)8-9-21-13-6-4-12(16)5-7-13/h4-7,10H,8-9H2,1-3H3. The third kappa shape index (κ3) is 3.98. The predicted molar refractivity (Wildman–Crippen MR) is 81.9 cm³/mol. The molecule has 0 bridgehead atoms. The fraction of sp³-hybridized carbons (Fsp3) is 0.333. The van der Waals surface area contributed by atoms with E-state index < -0.39 is 0 Å². The Kier molecular flexibility index (Phi) is 4.85. The molecule has 5 nitrogen and oxygen atoms in total. The van der Waals surface area contributed by atoms with Gasteiger partial charge in [0.2, 0.25) is 0 Å². The Labute approximate surface area is 129 Å². The summed E-state index contributed by atoms with van der Waals surface area (Å²) in [5, 5.41) is 4.84. The monoisotopic (exact) mass is 307 g/mol. The van der Waals surface area contributed by atoms with E-state index in [0.29, 0.717) is 23.9 Å². The Balaban J connectivity index is 1.87. The van der Waals surface area contributed by atoms with Crippen molar-refractivity contribution in [2.24, 2.45) is 7.05 Å². The molecule has 0 saturated carbocycles. The number of aromatic nitrogens is 2. The van der Waals surface area contributed by atoms with E-state index in [0.717, 1.165) is 11.4 Å². The number of carbonyl (C=O) groups is 1. The number of hydrogen-bond acceptors (Lipinski definition) is 3. The highest BCUT2D eigenvalue weighted by molar-refractivity contribution is 6.30. The van der Waals surface area contributed by atoms with Crippen molar-refractivity contribution in [2.45, 2.75) is 6.92 Å². The molecule has 1 heterocycles. The van der Waals surface area contributed by atoms with Crippen molar-refractivity contribution in [3.63, 3.8) is 0 Å². The molecule has 0 spiro atoms. The summed E-state index contributed by atoms with van der Waals surface area (Å²) in [5.74, 6) is 0.662. The van der Waals surface area contributed by atoms with Gasteiger partial charge in [-0.15, -0.1) is 0 Å². The van der Waals surface area contributed by atoms with Gasteiger partial charge in [0.15, 0.2) is 0 Å². The van der Waals surface area contributed by atoms with E-state index in [1.54, 1.807) is 54.0 Å². The van der Waals surface area contributed by atoms with Gasteiger partial charge < -0.3 is 9.64 Å². The first-order valence-electron chi connectivity index (χ1n) is 6.62. The molecule has 2 rings (SSSR count). The summed E-state index contributed by atoms with van der Waals surface area (Å²) in [5.41, 5.74) is 1.40. The molecule has 1 aromatic heterocycles. The third-order valence-electron chi connectivity index (χ3n) is 3.08. The Hall–Kier alpha value is -2.01. The van der Waals surface area contributed by atoms with Gasteiger partial charge in [-0.25, -0.2) is 0 Å². The van der Waals surface area contributed by atoms with Crippen LogP contribution in [0.15, 0.2) is 30.3 Å². The first-order valence-corrected chi connectivity index (χ1v) is 6.99. The molecular formula is C15H18ClN3O2. The van der Waals surface area contributed by atoms with Crippen molar-refractivity contribution in [1.82, 2.24) is 14.7 Å². The van der Waals surface area contributed by atoms with Gasteiger partial charge in [0, 0.05) is 19.1 Å². The van der Waals surface area contributed by atoms with Crippen molar-refractivity contribution in [3.05, 3.63) is 46.7 Å². The molecule has 0 radical (unpaired) electrons. The van der Waals surface area contributed by atoms with Crippen molar-refractivity contribution >= 4 is 17.5 Å². The number of benzene rings is 1. The van der Waals surface area contributed by atoms with Crippen LogP contribution in [0.2, 0.25) is 5.02 Å². The second-order valence-electron chi connectivity index (χ2n) is 4.82. The van der Waals surface area contributed by atoms with Gasteiger partial charge in [-0.05, 0) is 37.3 Å². The maximum absolute atomic E-state index is 12.3. The average Bonchev–Trinajstić information content (AvgIpc) is 2.79. The number of hydrogen-bond donors (Lipinski definition) is 0. The SMILES string of the molecule is Cc1cc(C(=O)N(C)CCOc2ccc(Cl)cc2)n(C)n1. The van der Waals surface area contributed by atoms with E-state index in [1.165, 1.54) is 0 Å². The maximum atomic E-state index is 12.3. The van der Waals surface area contributed by atoms with Crippen LogP contribution in [0.3, 0.4) is 0 Å². The number of nitrogens with zero attached hydrogens (tertiary/aromatic N) is 3. The molecular weight excluding hydrogens is 290 g/mol. The van der Waals surface area contributed by atoms with E-state index in [-0.39, 0.29) is 5.91 Å². The Morgan fingerprint density at radius 3 is 2.62 bits per heavy atom. The summed E-state index contributed by atoms with van der Waals surface area (Å²) in [6, 6.07) is 8.91. The summed E-state index contributed by atoms with van der Waals surface area (Å²) in [4.78, 5) is 13.9. The maximum Gasteiger partial charge on any atom is 0.271 e. The Bertz CT molecular complexity index is 622. The fourth-order valence-electron chi connectivity index (χ4n) is 1.94. The van der Waals surface area contributed by atoms with E-state index >= 15 is 0 Å². The first-order chi connectivity index (χ1) is 9.97. The molecule has 0 aliphatic carbocycles. The lowest BCUT2D eigenvalue weighted by Gasteiger charge is -2.17. The summed E-state index contributed by atoms with van der Waals surface area (Å²) in [7, 11) is 3.51. The van der Waals surface area contributed by atoms with Crippen LogP contribution >= 0.6 is 11.6 Å². The summed E-state index contributed by atoms with van der Waals surface area (Å²) >= 11 is 5.81. The van der Waals surface area contributed by atoms with Gasteiger partial charge >= 0.3 is 0 Å². The predicted octanol–water partition coefficient (Wildman–Crippen LogP) is 2.53. The van der Waals surface area contributed by atoms with E-state index in [4.69, 9.17) is 16.3 Å². The van der Waals surface area contributed by atoms with Crippen LogP contribution in [-0.2, 0) is 7.05 Å². The third-order valence-corrected chi connectivity index (χ3v) is 3.33. The normalized spacial score (nSPS) is 10.5. The fourth-order valence-corrected chi connectivity index (χ4v) is 2.07. The lowest BCUT2D eigenvalue weighted by atomic mass is 10.3. The minimum atomic E-state index is -0.0715. The molecule has 1 aromatic carbocycles. The summed E-state index contributed by atoms with van der Waals surface area (Å²) in [6.07, 6.45) is 0. The zero-order chi connectivity index (χ0) is 15.4. The number of amides is 1. The van der Waals surface area contributed by atoms with E-state index in [2.05, 4.69) is 5.10 Å². The molecule has 0 N–H and O–H groups in total. The van der Waals surface area contributed by atoms with Crippen molar-refractivity contribution < 1.29 is 9.53 Å². The van der Waals surface area contributed by atoms with Crippen LogP contribution in [0.25, 0.3) is 0 Å². The molecule has 6 heteroatoms. The van der Waals surface area contributed by atoms with Gasteiger partial charge in [-0.3, -0.25) is 9.48 Å². The lowest BCUT2D eigenvalue weighted by Crippen LogP contribution is -2.32. The molecule has 2 aromatic rings. The number of ether oxygens (including phenoxy) is 1. The summed E-state index contributed by atoms with van der Waals surface area (Å²) in [6.45, 7) is 2.77. The number of carbonyl (C=O) groups excluding carboxylic acids is 1. The lowest BCUT2D eigenvalue weighted by molar-refractivity contribution is 0.0763. The van der Waals surface area contributed by atoms with Crippen LogP contribution < -0.4 is 4.74 Å². The van der Waals surface area contributed by atoms with Crippen molar-refractivity contribution in [2.75, 3.05) is 20.2 Å². The van der Waals surface area contributed by atoms with Crippen LogP contribution in [0.1, 0.15) is 16.2 Å². The largest absolute Gasteiger partial charge is 0.492 e. The average molecular weight is 308 g/mol. The van der Waals surface area contributed by atoms with Gasteiger partial charge in [0.05, 0.1) is 12.2 Å². The zero-order valence-electron chi connectivity index (χ0n) is 12.3. The van der Waals surface area contributed by atoms with Crippen LogP contribution in [0, 0.1) is 6.92 Å². The molecule has 1 amide bonds. The number of aryl methyl sites for hydroxylation is 2. The number of halogens is 1. The number of rotatable bonds is 5. The molecule has 0 aliphatic rings. The van der Waals surface area contributed by atoms with Crippen LogP contribution in [0.5, 0.6) is 5.75 Å². The summed E-state index contributed by atoms with van der Waals surface area (Å²) < 4.78 is 7.17. The highest BCUT2D eigenvalue weighted by Gasteiger charge is 2.16. The van der Waals surface area contributed by atoms with Crippen LogP contribution in [-0.4, -0.2) is 40.8 Å². The first kappa shape index (κ1) is 15.4. The smallest absolute Gasteiger partial charge is 0.271 e. The minimum Gasteiger partial charge on any atom is -0.492 e.